The first-order valence-corrected chi connectivity index (χ1v) is 8.56. The van der Waals surface area contributed by atoms with E-state index in [1.807, 2.05) is 6.07 Å². The van der Waals surface area contributed by atoms with E-state index < -0.39 is 0 Å². The van der Waals surface area contributed by atoms with Crippen LogP contribution in [0.2, 0.25) is 0 Å². The molecule has 0 aliphatic carbocycles. The van der Waals surface area contributed by atoms with Crippen molar-refractivity contribution >= 4 is 17.7 Å². The second kappa shape index (κ2) is 9.10. The molecule has 7 nitrogen and oxygen atoms in total. The number of rotatable bonds is 6. The maximum absolute atomic E-state index is 12.4. The van der Waals surface area contributed by atoms with Gasteiger partial charge in [0.25, 0.3) is 5.91 Å². The molecule has 2 rings (SSSR count). The number of hydrogen-bond acceptors (Lipinski definition) is 5. The highest BCUT2D eigenvalue weighted by molar-refractivity contribution is 5.93. The summed E-state index contributed by atoms with van der Waals surface area (Å²) in [5.74, 6) is -0.176. The summed E-state index contributed by atoms with van der Waals surface area (Å²) in [6.45, 7) is 6.30. The molecular weight excluding hydrogens is 308 g/mol. The van der Waals surface area contributed by atoms with Crippen LogP contribution in [0.15, 0.2) is 18.3 Å². The van der Waals surface area contributed by atoms with E-state index in [0.717, 1.165) is 31.5 Å². The molecule has 0 unspecified atom stereocenters. The number of ether oxygens (including phenoxy) is 1. The number of nitrogens with zero attached hydrogens (tertiary/aromatic N) is 2. The summed E-state index contributed by atoms with van der Waals surface area (Å²) in [6.07, 6.45) is 3.81. The van der Waals surface area contributed by atoms with Crippen LogP contribution in [-0.2, 0) is 4.74 Å². The van der Waals surface area contributed by atoms with Crippen LogP contribution in [0.5, 0.6) is 0 Å². The lowest BCUT2D eigenvalue weighted by Crippen LogP contribution is -2.46. The Kier molecular flexibility index (Phi) is 6.84. The lowest BCUT2D eigenvalue weighted by molar-refractivity contribution is 0.0856. The van der Waals surface area contributed by atoms with Crippen molar-refractivity contribution in [3.05, 3.63) is 24.0 Å². The number of amides is 2. The Labute approximate surface area is 142 Å². The van der Waals surface area contributed by atoms with Crippen LogP contribution in [0.3, 0.4) is 0 Å². The van der Waals surface area contributed by atoms with Gasteiger partial charge in [-0.3, -0.25) is 9.78 Å². The third-order valence-corrected chi connectivity index (χ3v) is 3.93. The van der Waals surface area contributed by atoms with E-state index in [1.165, 1.54) is 0 Å². The highest BCUT2D eigenvalue weighted by atomic mass is 16.6. The van der Waals surface area contributed by atoms with Crippen molar-refractivity contribution in [2.45, 2.75) is 39.2 Å². The number of nitrogens with one attached hydrogen (secondary N) is 2. The molecule has 0 saturated carbocycles. The van der Waals surface area contributed by atoms with Crippen LogP contribution >= 0.6 is 0 Å². The molecule has 2 amide bonds. The summed E-state index contributed by atoms with van der Waals surface area (Å²) in [5.41, 5.74) is 1.30. The van der Waals surface area contributed by atoms with Crippen molar-refractivity contribution in [2.24, 2.45) is 0 Å². The van der Waals surface area contributed by atoms with Gasteiger partial charge in [-0.25, -0.2) is 4.79 Å². The summed E-state index contributed by atoms with van der Waals surface area (Å²) in [7, 11) is 0. The molecule has 132 valence electrons. The summed E-state index contributed by atoms with van der Waals surface area (Å²) in [5, 5.41) is 6.25. The maximum Gasteiger partial charge on any atom is 0.409 e. The van der Waals surface area contributed by atoms with Crippen LogP contribution in [-0.4, -0.2) is 54.2 Å². The van der Waals surface area contributed by atoms with Gasteiger partial charge < -0.3 is 20.3 Å². The molecule has 0 aromatic carbocycles. The Hall–Kier alpha value is -2.31. The Morgan fingerprint density at radius 3 is 2.75 bits per heavy atom. The van der Waals surface area contributed by atoms with Gasteiger partial charge in [0.15, 0.2) is 0 Å². The van der Waals surface area contributed by atoms with Gasteiger partial charge in [-0.1, -0.05) is 6.92 Å². The lowest BCUT2D eigenvalue weighted by Gasteiger charge is -2.31. The van der Waals surface area contributed by atoms with Crippen LogP contribution in [0.4, 0.5) is 10.5 Å². The largest absolute Gasteiger partial charge is 0.450 e. The van der Waals surface area contributed by atoms with Crippen LogP contribution in [0.1, 0.15) is 43.6 Å². The number of pyridine rings is 1. The number of carbonyl (C=O) groups is 2. The molecule has 0 radical (unpaired) electrons. The summed E-state index contributed by atoms with van der Waals surface area (Å²) < 4.78 is 5.00. The minimum absolute atomic E-state index is 0.0530. The van der Waals surface area contributed by atoms with E-state index >= 15 is 0 Å². The van der Waals surface area contributed by atoms with E-state index in [0.29, 0.717) is 25.4 Å². The highest BCUT2D eigenvalue weighted by Crippen LogP contribution is 2.13. The fourth-order valence-corrected chi connectivity index (χ4v) is 2.61. The molecule has 1 fully saturated rings. The van der Waals surface area contributed by atoms with Crippen molar-refractivity contribution < 1.29 is 14.3 Å². The van der Waals surface area contributed by atoms with Crippen molar-refractivity contribution in [3.8, 4) is 0 Å². The van der Waals surface area contributed by atoms with Crippen molar-refractivity contribution in [2.75, 3.05) is 31.6 Å². The number of likely N-dealkylation sites (tertiary alicyclic amines) is 1. The van der Waals surface area contributed by atoms with E-state index in [1.54, 1.807) is 24.1 Å². The van der Waals surface area contributed by atoms with E-state index in [2.05, 4.69) is 22.5 Å². The summed E-state index contributed by atoms with van der Waals surface area (Å²) in [4.78, 5) is 29.8. The molecule has 7 heteroatoms. The molecular formula is C17H26N4O3. The zero-order chi connectivity index (χ0) is 17.4. The third-order valence-electron chi connectivity index (χ3n) is 3.93. The second-order valence-corrected chi connectivity index (χ2v) is 5.79. The van der Waals surface area contributed by atoms with Crippen molar-refractivity contribution in [3.63, 3.8) is 0 Å². The zero-order valence-corrected chi connectivity index (χ0v) is 14.4. The zero-order valence-electron chi connectivity index (χ0n) is 14.4. The number of carbonyl (C=O) groups excluding carboxylic acids is 2. The highest BCUT2D eigenvalue weighted by Gasteiger charge is 2.25. The van der Waals surface area contributed by atoms with E-state index in [9.17, 15) is 9.59 Å². The van der Waals surface area contributed by atoms with Crippen LogP contribution < -0.4 is 10.6 Å². The van der Waals surface area contributed by atoms with Gasteiger partial charge in [0, 0.05) is 37.6 Å². The van der Waals surface area contributed by atoms with Crippen LogP contribution in [0.25, 0.3) is 0 Å². The molecule has 1 aliphatic rings. The molecule has 2 N–H and O–H groups in total. The van der Waals surface area contributed by atoms with Gasteiger partial charge in [-0.05, 0) is 38.3 Å². The molecule has 24 heavy (non-hydrogen) atoms. The minimum Gasteiger partial charge on any atom is -0.450 e. The van der Waals surface area contributed by atoms with Crippen LogP contribution in [0, 0.1) is 0 Å². The van der Waals surface area contributed by atoms with Gasteiger partial charge in [-0.15, -0.1) is 0 Å². The average molecular weight is 334 g/mol. The maximum atomic E-state index is 12.4. The van der Waals surface area contributed by atoms with E-state index in [-0.39, 0.29) is 18.0 Å². The first-order valence-electron chi connectivity index (χ1n) is 8.56. The number of aromatic nitrogens is 1. The minimum atomic E-state index is -0.279. The van der Waals surface area contributed by atoms with Gasteiger partial charge >= 0.3 is 6.09 Å². The Morgan fingerprint density at radius 1 is 1.33 bits per heavy atom. The van der Waals surface area contributed by atoms with Gasteiger partial charge in [0.2, 0.25) is 0 Å². The number of piperidine rings is 1. The molecule has 1 saturated heterocycles. The van der Waals surface area contributed by atoms with Crippen molar-refractivity contribution in [1.82, 2.24) is 15.2 Å². The fourth-order valence-electron chi connectivity index (χ4n) is 2.61. The Bertz CT molecular complexity index is 557. The standard InChI is InChI=1S/C17H26N4O3/c1-3-8-18-14-5-9-19-15(12-14)16(22)20-13-6-10-21(11-7-13)17(23)24-4-2/h5,9,12-13H,3-4,6-8,10-11H2,1-2H3,(H,18,19)(H,20,22). The molecule has 0 spiro atoms. The van der Waals surface area contributed by atoms with Gasteiger partial charge in [0.1, 0.15) is 5.69 Å². The normalized spacial score (nSPS) is 15.0. The SMILES string of the molecule is CCCNc1ccnc(C(=O)NC2CCN(C(=O)OCC)CC2)c1. The molecule has 0 atom stereocenters. The average Bonchev–Trinajstić information content (AvgIpc) is 2.61. The molecule has 1 aromatic rings. The van der Waals surface area contributed by atoms with Gasteiger partial charge in [-0.2, -0.15) is 0 Å². The predicted octanol–water partition coefficient (Wildman–Crippen LogP) is 2.25. The molecule has 1 aliphatic heterocycles. The Balaban J connectivity index is 1.84. The lowest BCUT2D eigenvalue weighted by atomic mass is 10.1. The molecule has 2 heterocycles. The summed E-state index contributed by atoms with van der Waals surface area (Å²) in [6, 6.07) is 3.67. The number of anilines is 1. The van der Waals surface area contributed by atoms with Crippen molar-refractivity contribution in [1.29, 1.82) is 0 Å². The van der Waals surface area contributed by atoms with Gasteiger partial charge in [0.05, 0.1) is 6.61 Å². The smallest absolute Gasteiger partial charge is 0.409 e. The first kappa shape index (κ1) is 18.0. The monoisotopic (exact) mass is 334 g/mol. The molecule has 0 bridgehead atoms. The quantitative estimate of drug-likeness (QED) is 0.834. The second-order valence-electron chi connectivity index (χ2n) is 5.79. The predicted molar refractivity (Wildman–Crippen MR) is 92.1 cm³/mol. The topological polar surface area (TPSA) is 83.6 Å². The first-order chi connectivity index (χ1) is 11.6. The fraction of sp³-hybridized carbons (Fsp3) is 0.588. The summed E-state index contributed by atoms with van der Waals surface area (Å²) >= 11 is 0. The molecule has 1 aromatic heterocycles. The van der Waals surface area contributed by atoms with E-state index in [4.69, 9.17) is 4.74 Å². The third kappa shape index (κ3) is 5.11. The Morgan fingerprint density at radius 2 is 2.08 bits per heavy atom. The number of hydrogen-bond donors (Lipinski definition) is 2.